The average molecular weight is 577 g/mol. The Labute approximate surface area is 249 Å². The molecule has 1 saturated heterocycles. The summed E-state index contributed by atoms with van der Waals surface area (Å²) in [6.07, 6.45) is 1.57. The van der Waals surface area contributed by atoms with Crippen molar-refractivity contribution in [1.82, 2.24) is 20.2 Å². The van der Waals surface area contributed by atoms with Crippen molar-refractivity contribution in [2.75, 3.05) is 26.7 Å². The molecule has 1 aliphatic heterocycles. The smallest absolute Gasteiger partial charge is 0.272 e. The Hall–Kier alpha value is -4.56. The summed E-state index contributed by atoms with van der Waals surface area (Å²) in [7, 11) is 1.61. The van der Waals surface area contributed by atoms with Crippen LogP contribution in [0.2, 0.25) is 0 Å². The summed E-state index contributed by atoms with van der Waals surface area (Å²) in [6, 6.07) is 29.8. The number of likely N-dealkylation sites (tertiary alicyclic amines) is 1. The molecule has 1 N–H and O–H groups in total. The lowest BCUT2D eigenvalue weighted by Crippen LogP contribution is -2.38. The molecule has 2 aromatic heterocycles. The molecule has 1 fully saturated rings. The second-order valence-corrected chi connectivity index (χ2v) is 11.3. The fourth-order valence-corrected chi connectivity index (χ4v) is 6.55. The van der Waals surface area contributed by atoms with E-state index >= 15 is 0 Å². The highest BCUT2D eigenvalue weighted by Gasteiger charge is 2.28. The monoisotopic (exact) mass is 576 g/mol. The number of thiazole rings is 1. The van der Waals surface area contributed by atoms with Crippen LogP contribution in [0.5, 0.6) is 5.75 Å². The Kier molecular flexibility index (Phi) is 8.23. The number of hydrogen-bond acceptors (Lipinski definition) is 6. The number of carbonyl (C=O) groups is 2. The predicted molar refractivity (Wildman–Crippen MR) is 165 cm³/mol. The predicted octanol–water partition coefficient (Wildman–Crippen LogP) is 6.28. The fourth-order valence-electron chi connectivity index (χ4n) is 5.58. The van der Waals surface area contributed by atoms with Crippen molar-refractivity contribution in [1.29, 1.82) is 0 Å². The van der Waals surface area contributed by atoms with Gasteiger partial charge in [0.2, 0.25) is 0 Å². The fraction of sp³-hybridized carbons (Fsp3) is 0.235. The molecule has 0 bridgehead atoms. The van der Waals surface area contributed by atoms with E-state index < -0.39 is 0 Å². The molecule has 212 valence electrons. The van der Waals surface area contributed by atoms with Crippen molar-refractivity contribution in [2.45, 2.75) is 24.7 Å². The number of methoxy groups -OCH3 is 1. The average Bonchev–Trinajstić information content (AvgIpc) is 3.56. The van der Waals surface area contributed by atoms with E-state index in [0.717, 1.165) is 39.9 Å². The SMILES string of the molecule is COc1cc(C(=O)N2CCC(c3nc(C(=O)NCC(c4ccccc4)c4ccccc4)cs3)CC2)nc2ccccc12. The second kappa shape index (κ2) is 12.5. The minimum atomic E-state index is -0.168. The number of para-hydroxylation sites is 1. The van der Waals surface area contributed by atoms with Crippen molar-refractivity contribution < 1.29 is 14.3 Å². The first-order valence-electron chi connectivity index (χ1n) is 14.2. The van der Waals surface area contributed by atoms with Crippen LogP contribution in [0.15, 0.2) is 96.4 Å². The maximum Gasteiger partial charge on any atom is 0.272 e. The number of aromatic nitrogens is 2. The van der Waals surface area contributed by atoms with Crippen molar-refractivity contribution in [3.05, 3.63) is 124 Å². The van der Waals surface area contributed by atoms with Gasteiger partial charge in [-0.2, -0.15) is 0 Å². The molecule has 2 amide bonds. The summed E-state index contributed by atoms with van der Waals surface area (Å²) in [6.45, 7) is 1.70. The molecule has 7 nitrogen and oxygen atoms in total. The van der Waals surface area contributed by atoms with Gasteiger partial charge in [-0.25, -0.2) is 9.97 Å². The number of nitrogens with zero attached hydrogens (tertiary/aromatic N) is 3. The second-order valence-electron chi connectivity index (χ2n) is 10.4. The lowest BCUT2D eigenvalue weighted by Gasteiger charge is -2.31. The maximum atomic E-state index is 13.3. The molecule has 0 unspecified atom stereocenters. The van der Waals surface area contributed by atoms with Gasteiger partial charge in [-0.1, -0.05) is 72.8 Å². The quantitative estimate of drug-likeness (QED) is 0.235. The molecule has 0 atom stereocenters. The highest BCUT2D eigenvalue weighted by atomic mass is 32.1. The molecule has 42 heavy (non-hydrogen) atoms. The number of pyridine rings is 1. The van der Waals surface area contributed by atoms with Crippen LogP contribution in [0.4, 0.5) is 0 Å². The maximum absolute atomic E-state index is 13.3. The van der Waals surface area contributed by atoms with Gasteiger partial charge in [0.25, 0.3) is 11.8 Å². The van der Waals surface area contributed by atoms with Gasteiger partial charge in [0.15, 0.2) is 0 Å². The summed E-state index contributed by atoms with van der Waals surface area (Å²) in [4.78, 5) is 37.6. The zero-order chi connectivity index (χ0) is 28.9. The number of piperidine rings is 1. The van der Waals surface area contributed by atoms with Crippen LogP contribution >= 0.6 is 11.3 Å². The number of rotatable bonds is 8. The van der Waals surface area contributed by atoms with Gasteiger partial charge in [-0.3, -0.25) is 9.59 Å². The topological polar surface area (TPSA) is 84.4 Å². The van der Waals surface area contributed by atoms with Crippen molar-refractivity contribution >= 4 is 34.1 Å². The van der Waals surface area contributed by atoms with Gasteiger partial charge in [-0.15, -0.1) is 11.3 Å². The van der Waals surface area contributed by atoms with E-state index in [4.69, 9.17) is 9.72 Å². The van der Waals surface area contributed by atoms with Crippen molar-refractivity contribution in [3.63, 3.8) is 0 Å². The Morgan fingerprint density at radius 2 is 1.55 bits per heavy atom. The molecule has 8 heteroatoms. The third-order valence-corrected chi connectivity index (χ3v) is 8.88. The third kappa shape index (κ3) is 5.90. The Bertz CT molecular complexity index is 1640. The molecule has 3 aromatic carbocycles. The number of nitrogens with one attached hydrogen (secondary N) is 1. The van der Waals surface area contributed by atoms with Crippen LogP contribution in [-0.2, 0) is 0 Å². The molecule has 6 rings (SSSR count). The Morgan fingerprint density at radius 1 is 0.905 bits per heavy atom. The van der Waals surface area contributed by atoms with E-state index in [-0.39, 0.29) is 23.7 Å². The zero-order valence-electron chi connectivity index (χ0n) is 23.4. The molecule has 0 spiro atoms. The standard InChI is InChI=1S/C34H32N4O3S/c1-41-31-20-29(36-28-15-9-8-14-26(28)31)34(40)38-18-16-25(17-19-38)33-37-30(22-42-33)32(39)35-21-27(23-10-4-2-5-11-23)24-12-6-3-7-13-24/h2-15,20,22,25,27H,16-19,21H2,1H3,(H,35,39). The van der Waals surface area contributed by atoms with Crippen LogP contribution in [0.25, 0.3) is 10.9 Å². The van der Waals surface area contributed by atoms with E-state index in [1.807, 2.05) is 70.9 Å². The summed E-state index contributed by atoms with van der Waals surface area (Å²) < 4.78 is 5.53. The van der Waals surface area contributed by atoms with Crippen LogP contribution in [0.3, 0.4) is 0 Å². The molecule has 0 aliphatic carbocycles. The molecule has 0 saturated carbocycles. The first-order chi connectivity index (χ1) is 20.6. The molecular formula is C34H32N4O3S. The first kappa shape index (κ1) is 27.6. The van der Waals surface area contributed by atoms with E-state index in [1.54, 1.807) is 13.2 Å². The summed E-state index contributed by atoms with van der Waals surface area (Å²) in [5, 5.41) is 6.78. The van der Waals surface area contributed by atoms with Crippen LogP contribution in [-0.4, -0.2) is 53.4 Å². The number of amides is 2. The normalized spacial score (nSPS) is 13.8. The molecule has 3 heterocycles. The zero-order valence-corrected chi connectivity index (χ0v) is 24.2. The summed E-state index contributed by atoms with van der Waals surface area (Å²) in [5.74, 6) is 0.641. The van der Waals surface area contributed by atoms with Gasteiger partial charge < -0.3 is 15.0 Å². The van der Waals surface area contributed by atoms with Gasteiger partial charge in [0.05, 0.1) is 17.6 Å². The molecular weight excluding hydrogens is 544 g/mol. The lowest BCUT2D eigenvalue weighted by molar-refractivity contribution is 0.0707. The van der Waals surface area contributed by atoms with Gasteiger partial charge in [0.1, 0.15) is 17.1 Å². The van der Waals surface area contributed by atoms with E-state index in [2.05, 4.69) is 34.6 Å². The van der Waals surface area contributed by atoms with Gasteiger partial charge >= 0.3 is 0 Å². The van der Waals surface area contributed by atoms with Gasteiger partial charge in [0, 0.05) is 48.3 Å². The largest absolute Gasteiger partial charge is 0.496 e. The van der Waals surface area contributed by atoms with Gasteiger partial charge in [-0.05, 0) is 36.1 Å². The number of ether oxygens (including phenoxy) is 1. The number of benzene rings is 3. The van der Waals surface area contributed by atoms with E-state index in [9.17, 15) is 9.59 Å². The Morgan fingerprint density at radius 3 is 2.21 bits per heavy atom. The highest BCUT2D eigenvalue weighted by Crippen LogP contribution is 2.32. The highest BCUT2D eigenvalue weighted by molar-refractivity contribution is 7.09. The van der Waals surface area contributed by atoms with E-state index in [1.165, 1.54) is 11.3 Å². The van der Waals surface area contributed by atoms with Crippen molar-refractivity contribution in [3.8, 4) is 5.75 Å². The first-order valence-corrected chi connectivity index (χ1v) is 15.0. The lowest BCUT2D eigenvalue weighted by atomic mass is 9.91. The van der Waals surface area contributed by atoms with Crippen LogP contribution < -0.4 is 10.1 Å². The Balaban J connectivity index is 1.08. The van der Waals surface area contributed by atoms with E-state index in [0.29, 0.717) is 36.8 Å². The number of carbonyl (C=O) groups excluding carboxylic acids is 2. The van der Waals surface area contributed by atoms with Crippen LogP contribution in [0.1, 0.15) is 61.8 Å². The van der Waals surface area contributed by atoms with Crippen molar-refractivity contribution in [2.24, 2.45) is 0 Å². The number of hydrogen-bond donors (Lipinski definition) is 1. The molecule has 1 aliphatic rings. The third-order valence-electron chi connectivity index (χ3n) is 7.87. The minimum absolute atomic E-state index is 0.0494. The summed E-state index contributed by atoms with van der Waals surface area (Å²) >= 11 is 1.52. The minimum Gasteiger partial charge on any atom is -0.496 e. The summed E-state index contributed by atoms with van der Waals surface area (Å²) in [5.41, 5.74) is 3.88. The van der Waals surface area contributed by atoms with Crippen LogP contribution in [0, 0.1) is 0 Å². The number of fused-ring (bicyclic) bond motifs is 1. The molecule has 0 radical (unpaired) electrons. The molecule has 5 aromatic rings.